The highest BCUT2D eigenvalue weighted by molar-refractivity contribution is 5.73. The summed E-state index contributed by atoms with van der Waals surface area (Å²) in [4.78, 5) is 14.1. The molecular formula is C30H42N2O6. The van der Waals surface area contributed by atoms with Crippen molar-refractivity contribution in [2.45, 2.75) is 57.8 Å². The summed E-state index contributed by atoms with van der Waals surface area (Å²) in [7, 11) is 3.40. The number of hydrogen-bond acceptors (Lipinski definition) is 7. The van der Waals surface area contributed by atoms with Gasteiger partial charge in [0.05, 0.1) is 37.5 Å². The lowest BCUT2D eigenvalue weighted by atomic mass is 9.78. The Balaban J connectivity index is 1.47. The van der Waals surface area contributed by atoms with E-state index in [0.717, 1.165) is 55.3 Å². The Morgan fingerprint density at radius 2 is 1.97 bits per heavy atom. The van der Waals surface area contributed by atoms with Gasteiger partial charge in [-0.05, 0) is 68.5 Å². The molecule has 0 radical (unpaired) electrons. The first-order chi connectivity index (χ1) is 18.3. The fourth-order valence-corrected chi connectivity index (χ4v) is 5.45. The zero-order valence-corrected chi connectivity index (χ0v) is 23.1. The van der Waals surface area contributed by atoms with E-state index in [1.165, 1.54) is 5.56 Å². The van der Waals surface area contributed by atoms with E-state index >= 15 is 0 Å². The van der Waals surface area contributed by atoms with Crippen LogP contribution < -0.4 is 19.7 Å². The summed E-state index contributed by atoms with van der Waals surface area (Å²) >= 11 is 0. The average Bonchev–Trinajstić information content (AvgIpc) is 2.92. The van der Waals surface area contributed by atoms with Gasteiger partial charge in [-0.1, -0.05) is 18.2 Å². The number of carbonyl (C=O) groups is 1. The number of nitrogens with one attached hydrogen (secondary N) is 1. The maximum Gasteiger partial charge on any atom is 0.309 e. The molecule has 8 heteroatoms. The van der Waals surface area contributed by atoms with Crippen LogP contribution in [0.3, 0.4) is 0 Å². The fourth-order valence-electron chi connectivity index (χ4n) is 5.45. The van der Waals surface area contributed by atoms with Crippen molar-refractivity contribution < 1.29 is 28.8 Å². The van der Waals surface area contributed by atoms with E-state index in [0.29, 0.717) is 26.2 Å². The van der Waals surface area contributed by atoms with Crippen LogP contribution in [0.4, 0.5) is 5.69 Å². The molecule has 0 amide bonds. The summed E-state index contributed by atoms with van der Waals surface area (Å²) in [6.07, 6.45) is 2.29. The largest absolute Gasteiger partial charge is 0.497 e. The summed E-state index contributed by atoms with van der Waals surface area (Å²) < 4.78 is 23.0. The normalized spacial score (nSPS) is 21.5. The number of piperidine rings is 1. The molecule has 2 heterocycles. The zero-order valence-electron chi connectivity index (χ0n) is 23.1. The summed E-state index contributed by atoms with van der Waals surface area (Å²) in [6, 6.07) is 14.5. The molecule has 2 aromatic rings. The molecule has 1 saturated heterocycles. The Bertz CT molecular complexity index is 1060. The zero-order chi connectivity index (χ0) is 27.1. The second-order valence-electron chi connectivity index (χ2n) is 10.9. The predicted molar refractivity (Wildman–Crippen MR) is 147 cm³/mol. The monoisotopic (exact) mass is 526 g/mol. The quantitative estimate of drug-likeness (QED) is 0.392. The number of carboxylic acid groups (broad SMARTS) is 1. The van der Waals surface area contributed by atoms with Crippen molar-refractivity contribution in [1.29, 1.82) is 0 Å². The van der Waals surface area contributed by atoms with E-state index < -0.39 is 11.4 Å². The van der Waals surface area contributed by atoms with Gasteiger partial charge in [-0.15, -0.1) is 0 Å². The van der Waals surface area contributed by atoms with E-state index in [1.54, 1.807) is 28.1 Å². The van der Waals surface area contributed by atoms with Crippen molar-refractivity contribution in [2.24, 2.45) is 5.41 Å². The smallest absolute Gasteiger partial charge is 0.309 e. The van der Waals surface area contributed by atoms with Gasteiger partial charge in [0.1, 0.15) is 18.1 Å². The highest BCUT2D eigenvalue weighted by atomic mass is 16.5. The molecule has 2 N–H and O–H groups in total. The first-order valence-corrected chi connectivity index (χ1v) is 13.5. The lowest BCUT2D eigenvalue weighted by Crippen LogP contribution is -2.49. The number of benzene rings is 2. The van der Waals surface area contributed by atoms with Gasteiger partial charge in [-0.2, -0.15) is 0 Å². The molecule has 2 aliphatic rings. The lowest BCUT2D eigenvalue weighted by molar-refractivity contribution is -0.147. The van der Waals surface area contributed by atoms with Crippen molar-refractivity contribution in [3.8, 4) is 11.5 Å². The molecule has 3 atom stereocenters. The molecular weight excluding hydrogens is 484 g/mol. The van der Waals surface area contributed by atoms with Crippen molar-refractivity contribution in [2.75, 3.05) is 52.0 Å². The molecule has 0 aromatic heterocycles. The van der Waals surface area contributed by atoms with Gasteiger partial charge in [-0.25, -0.2) is 0 Å². The fraction of sp³-hybridized carbons (Fsp3) is 0.567. The number of hydrogen-bond donors (Lipinski definition) is 2. The molecule has 1 fully saturated rings. The molecule has 38 heavy (non-hydrogen) atoms. The highest BCUT2D eigenvalue weighted by Crippen LogP contribution is 2.37. The van der Waals surface area contributed by atoms with Gasteiger partial charge in [-0.3, -0.25) is 4.79 Å². The summed E-state index contributed by atoms with van der Waals surface area (Å²) in [5.41, 5.74) is 2.60. The van der Waals surface area contributed by atoms with E-state index in [-0.39, 0.29) is 18.1 Å². The SMILES string of the molecule is COCCCN1CCOc2ccc(CO[C@H]3CNC(CC(C)(C)C(=O)O)CC3c3ccc(OC)cc3)cc21. The summed E-state index contributed by atoms with van der Waals surface area (Å²) in [5, 5.41) is 13.2. The number of rotatable bonds is 12. The van der Waals surface area contributed by atoms with Gasteiger partial charge in [0, 0.05) is 38.8 Å². The number of aliphatic carboxylic acids is 1. The Morgan fingerprint density at radius 3 is 2.68 bits per heavy atom. The van der Waals surface area contributed by atoms with Crippen LogP contribution in [0.1, 0.15) is 50.2 Å². The van der Waals surface area contributed by atoms with Crippen LogP contribution in [0.5, 0.6) is 11.5 Å². The molecule has 4 rings (SSSR count). The number of carboxylic acids is 1. The lowest BCUT2D eigenvalue weighted by Gasteiger charge is -2.39. The third kappa shape index (κ3) is 6.98. The molecule has 2 unspecified atom stereocenters. The van der Waals surface area contributed by atoms with Crippen molar-refractivity contribution in [3.63, 3.8) is 0 Å². The Hall–Kier alpha value is -2.81. The third-order valence-corrected chi connectivity index (χ3v) is 7.70. The highest BCUT2D eigenvalue weighted by Gasteiger charge is 2.37. The van der Waals surface area contributed by atoms with Gasteiger partial charge in [0.15, 0.2) is 0 Å². The number of fused-ring (bicyclic) bond motifs is 1. The van der Waals surface area contributed by atoms with Crippen LogP contribution in [0, 0.1) is 5.41 Å². The van der Waals surface area contributed by atoms with Crippen molar-refractivity contribution >= 4 is 11.7 Å². The number of nitrogens with zero attached hydrogens (tertiary/aromatic N) is 1. The van der Waals surface area contributed by atoms with Gasteiger partial charge >= 0.3 is 5.97 Å². The summed E-state index contributed by atoms with van der Waals surface area (Å²) in [5.74, 6) is 1.10. The van der Waals surface area contributed by atoms with E-state index in [2.05, 4.69) is 34.5 Å². The molecule has 0 saturated carbocycles. The van der Waals surface area contributed by atoms with Gasteiger partial charge in [0.25, 0.3) is 0 Å². The van der Waals surface area contributed by atoms with Crippen LogP contribution in [0.15, 0.2) is 42.5 Å². The maximum absolute atomic E-state index is 11.8. The minimum Gasteiger partial charge on any atom is -0.497 e. The Kier molecular flexibility index (Phi) is 9.52. The molecule has 0 aliphatic carbocycles. The number of methoxy groups -OCH3 is 2. The topological polar surface area (TPSA) is 89.5 Å². The second kappa shape index (κ2) is 12.8. The first-order valence-electron chi connectivity index (χ1n) is 13.5. The predicted octanol–water partition coefficient (Wildman–Crippen LogP) is 4.46. The van der Waals surface area contributed by atoms with Crippen LogP contribution in [-0.2, 0) is 20.9 Å². The van der Waals surface area contributed by atoms with Crippen molar-refractivity contribution in [1.82, 2.24) is 5.32 Å². The molecule has 208 valence electrons. The van der Waals surface area contributed by atoms with Crippen LogP contribution in [0.25, 0.3) is 0 Å². The summed E-state index contributed by atoms with van der Waals surface area (Å²) in [6.45, 7) is 7.95. The molecule has 8 nitrogen and oxygen atoms in total. The maximum atomic E-state index is 11.8. The third-order valence-electron chi connectivity index (χ3n) is 7.70. The average molecular weight is 527 g/mol. The van der Waals surface area contributed by atoms with Crippen LogP contribution in [-0.4, -0.2) is 70.3 Å². The van der Waals surface area contributed by atoms with Crippen molar-refractivity contribution in [3.05, 3.63) is 53.6 Å². The van der Waals surface area contributed by atoms with E-state index in [4.69, 9.17) is 18.9 Å². The van der Waals surface area contributed by atoms with Crippen LogP contribution >= 0.6 is 0 Å². The molecule has 0 spiro atoms. The second-order valence-corrected chi connectivity index (χ2v) is 10.9. The van der Waals surface area contributed by atoms with E-state index in [1.807, 2.05) is 18.2 Å². The number of anilines is 1. The number of ether oxygens (including phenoxy) is 4. The Labute approximate surface area is 226 Å². The van der Waals surface area contributed by atoms with Gasteiger partial charge < -0.3 is 34.3 Å². The minimum absolute atomic E-state index is 0.0438. The first kappa shape index (κ1) is 28.2. The molecule has 0 bridgehead atoms. The molecule has 2 aliphatic heterocycles. The standard InChI is InChI=1S/C30H42N2O6/c1-30(2,29(33)34)18-23-17-25(22-7-9-24(36-4)10-8-22)28(19-31-23)38-20-21-6-11-27-26(16-21)32(13-15-37-27)12-5-14-35-3/h6-11,16,23,25,28,31H,5,12-15,17-20H2,1-4H3,(H,33,34)/t23?,25?,28-/m0/s1. The van der Waals surface area contributed by atoms with Gasteiger partial charge in [0.2, 0.25) is 0 Å². The minimum atomic E-state index is -0.795. The van der Waals surface area contributed by atoms with E-state index in [9.17, 15) is 9.90 Å². The Morgan fingerprint density at radius 1 is 1.18 bits per heavy atom. The molecule has 2 aromatic carbocycles. The van der Waals surface area contributed by atoms with Crippen LogP contribution in [0.2, 0.25) is 0 Å².